The van der Waals surface area contributed by atoms with Crippen molar-refractivity contribution in [1.82, 2.24) is 25.3 Å². The Morgan fingerprint density at radius 2 is 2.00 bits per heavy atom. The molecule has 0 saturated heterocycles. The lowest BCUT2D eigenvalue weighted by molar-refractivity contribution is 0.0951. The summed E-state index contributed by atoms with van der Waals surface area (Å²) in [7, 11) is 0. The van der Waals surface area contributed by atoms with Gasteiger partial charge in [-0.15, -0.1) is 0 Å². The van der Waals surface area contributed by atoms with E-state index in [9.17, 15) is 4.79 Å². The number of carbonyl (C=O) groups is 1. The van der Waals surface area contributed by atoms with Crippen molar-refractivity contribution in [3.05, 3.63) is 66.2 Å². The van der Waals surface area contributed by atoms with Crippen molar-refractivity contribution >= 4 is 11.7 Å². The first-order chi connectivity index (χ1) is 11.2. The van der Waals surface area contributed by atoms with Gasteiger partial charge in [-0.2, -0.15) is 0 Å². The number of amides is 1. The standard InChI is InChI=1S/C16H14N6O/c17-14-12(16(23)21-9-11-4-3-6-18-8-11)10-20-15(22-14)13-5-1-2-7-19-13/h1-8,10H,9H2,(H,21,23)(H2,17,20,22). The number of hydrogen-bond donors (Lipinski definition) is 2. The minimum Gasteiger partial charge on any atom is -0.383 e. The van der Waals surface area contributed by atoms with Crippen LogP contribution in [0.2, 0.25) is 0 Å². The van der Waals surface area contributed by atoms with Gasteiger partial charge in [-0.25, -0.2) is 9.97 Å². The molecule has 0 spiro atoms. The third-order valence-corrected chi connectivity index (χ3v) is 3.13. The molecule has 3 aromatic heterocycles. The van der Waals surface area contributed by atoms with Crippen molar-refractivity contribution in [3.8, 4) is 11.5 Å². The molecule has 0 fully saturated rings. The van der Waals surface area contributed by atoms with Crippen molar-refractivity contribution in [2.45, 2.75) is 6.54 Å². The van der Waals surface area contributed by atoms with Crippen LogP contribution in [-0.2, 0) is 6.54 Å². The molecule has 7 heteroatoms. The van der Waals surface area contributed by atoms with E-state index in [1.807, 2.05) is 12.1 Å². The second-order valence-corrected chi connectivity index (χ2v) is 4.75. The van der Waals surface area contributed by atoms with Crippen molar-refractivity contribution in [1.29, 1.82) is 0 Å². The highest BCUT2D eigenvalue weighted by Gasteiger charge is 2.13. The maximum absolute atomic E-state index is 12.2. The second-order valence-electron chi connectivity index (χ2n) is 4.75. The van der Waals surface area contributed by atoms with Gasteiger partial charge in [0.1, 0.15) is 11.5 Å². The van der Waals surface area contributed by atoms with Crippen LogP contribution >= 0.6 is 0 Å². The van der Waals surface area contributed by atoms with Gasteiger partial charge in [0.2, 0.25) is 0 Å². The number of nitrogen functional groups attached to an aromatic ring is 1. The Morgan fingerprint density at radius 1 is 1.09 bits per heavy atom. The lowest BCUT2D eigenvalue weighted by Gasteiger charge is -2.07. The van der Waals surface area contributed by atoms with Gasteiger partial charge in [0, 0.05) is 31.3 Å². The van der Waals surface area contributed by atoms with Crippen molar-refractivity contribution in [2.75, 3.05) is 5.73 Å². The van der Waals surface area contributed by atoms with Crippen LogP contribution in [0.4, 0.5) is 5.82 Å². The van der Waals surface area contributed by atoms with Gasteiger partial charge in [-0.05, 0) is 23.8 Å². The summed E-state index contributed by atoms with van der Waals surface area (Å²) >= 11 is 0. The van der Waals surface area contributed by atoms with Crippen LogP contribution < -0.4 is 11.1 Å². The van der Waals surface area contributed by atoms with Crippen LogP contribution in [0.3, 0.4) is 0 Å². The van der Waals surface area contributed by atoms with Gasteiger partial charge < -0.3 is 11.1 Å². The van der Waals surface area contributed by atoms with E-state index in [0.29, 0.717) is 18.1 Å². The zero-order chi connectivity index (χ0) is 16.1. The Hall–Kier alpha value is -3.35. The van der Waals surface area contributed by atoms with Gasteiger partial charge in [0.05, 0.1) is 5.56 Å². The first-order valence-electron chi connectivity index (χ1n) is 6.95. The van der Waals surface area contributed by atoms with E-state index in [-0.39, 0.29) is 17.3 Å². The Labute approximate surface area is 132 Å². The molecule has 3 aromatic rings. The Morgan fingerprint density at radius 3 is 2.70 bits per heavy atom. The van der Waals surface area contributed by atoms with E-state index in [2.05, 4.69) is 25.3 Å². The summed E-state index contributed by atoms with van der Waals surface area (Å²) < 4.78 is 0. The molecule has 3 rings (SSSR count). The monoisotopic (exact) mass is 306 g/mol. The predicted molar refractivity (Wildman–Crippen MR) is 85.1 cm³/mol. The minimum atomic E-state index is -0.334. The molecule has 0 aliphatic heterocycles. The summed E-state index contributed by atoms with van der Waals surface area (Å²) in [6.45, 7) is 0.355. The van der Waals surface area contributed by atoms with Crippen LogP contribution in [0.5, 0.6) is 0 Å². The van der Waals surface area contributed by atoms with E-state index in [1.165, 1.54) is 6.20 Å². The summed E-state index contributed by atoms with van der Waals surface area (Å²) in [6, 6.07) is 9.08. The van der Waals surface area contributed by atoms with Crippen molar-refractivity contribution in [2.24, 2.45) is 0 Å². The van der Waals surface area contributed by atoms with Crippen LogP contribution in [-0.4, -0.2) is 25.8 Å². The van der Waals surface area contributed by atoms with Crippen LogP contribution in [0.15, 0.2) is 55.1 Å². The van der Waals surface area contributed by atoms with Gasteiger partial charge in [0.25, 0.3) is 5.91 Å². The van der Waals surface area contributed by atoms with Gasteiger partial charge in [0.15, 0.2) is 5.82 Å². The molecule has 0 atom stereocenters. The lowest BCUT2D eigenvalue weighted by atomic mass is 10.2. The highest BCUT2D eigenvalue weighted by molar-refractivity contribution is 5.98. The molecule has 7 nitrogen and oxygen atoms in total. The maximum Gasteiger partial charge on any atom is 0.256 e. The fraction of sp³-hybridized carbons (Fsp3) is 0.0625. The van der Waals surface area contributed by atoms with Crippen LogP contribution in [0.1, 0.15) is 15.9 Å². The molecule has 1 amide bonds. The SMILES string of the molecule is Nc1nc(-c2ccccn2)ncc1C(=O)NCc1cccnc1. The number of hydrogen-bond acceptors (Lipinski definition) is 6. The quantitative estimate of drug-likeness (QED) is 0.755. The average molecular weight is 306 g/mol. The number of aromatic nitrogens is 4. The summed E-state index contributed by atoms with van der Waals surface area (Å²) in [4.78, 5) is 28.6. The highest BCUT2D eigenvalue weighted by atomic mass is 16.1. The molecular formula is C16H14N6O. The van der Waals surface area contributed by atoms with Crippen LogP contribution in [0.25, 0.3) is 11.5 Å². The average Bonchev–Trinajstić information content (AvgIpc) is 2.61. The molecule has 0 aromatic carbocycles. The first kappa shape index (κ1) is 14.6. The molecule has 0 aliphatic rings. The lowest BCUT2D eigenvalue weighted by Crippen LogP contribution is -2.24. The number of anilines is 1. The predicted octanol–water partition coefficient (Wildman–Crippen LogP) is 1.45. The minimum absolute atomic E-state index is 0.115. The van der Waals surface area contributed by atoms with E-state index in [0.717, 1.165) is 5.56 Å². The first-order valence-corrected chi connectivity index (χ1v) is 6.95. The maximum atomic E-state index is 12.2. The number of rotatable bonds is 4. The van der Waals surface area contributed by atoms with E-state index >= 15 is 0 Å². The Bertz CT molecular complexity index is 807. The normalized spacial score (nSPS) is 10.3. The number of nitrogens with zero attached hydrogens (tertiary/aromatic N) is 4. The summed E-state index contributed by atoms with van der Waals surface area (Å²) in [5, 5.41) is 2.76. The van der Waals surface area contributed by atoms with Crippen molar-refractivity contribution in [3.63, 3.8) is 0 Å². The van der Waals surface area contributed by atoms with Gasteiger partial charge in [-0.3, -0.25) is 14.8 Å². The Balaban J connectivity index is 1.74. The third-order valence-electron chi connectivity index (χ3n) is 3.13. The molecule has 0 saturated carbocycles. The third kappa shape index (κ3) is 3.46. The van der Waals surface area contributed by atoms with Crippen LogP contribution in [0, 0.1) is 0 Å². The summed E-state index contributed by atoms with van der Waals surface area (Å²) in [6.07, 6.45) is 6.41. The molecule has 114 valence electrons. The molecule has 0 radical (unpaired) electrons. The molecule has 23 heavy (non-hydrogen) atoms. The topological polar surface area (TPSA) is 107 Å². The zero-order valence-electron chi connectivity index (χ0n) is 12.2. The smallest absolute Gasteiger partial charge is 0.256 e. The number of pyridine rings is 2. The second kappa shape index (κ2) is 6.61. The molecule has 0 unspecified atom stereocenters. The largest absolute Gasteiger partial charge is 0.383 e. The number of nitrogens with two attached hydrogens (primary N) is 1. The van der Waals surface area contributed by atoms with Crippen molar-refractivity contribution < 1.29 is 4.79 Å². The van der Waals surface area contributed by atoms with E-state index < -0.39 is 0 Å². The molecule has 3 heterocycles. The molecular weight excluding hydrogens is 292 g/mol. The van der Waals surface area contributed by atoms with E-state index in [4.69, 9.17) is 5.73 Å². The number of carbonyl (C=O) groups excluding carboxylic acids is 1. The van der Waals surface area contributed by atoms with Gasteiger partial charge >= 0.3 is 0 Å². The Kier molecular flexibility index (Phi) is 4.19. The summed E-state index contributed by atoms with van der Waals surface area (Å²) in [5.41, 5.74) is 7.60. The zero-order valence-corrected chi connectivity index (χ0v) is 12.2. The summed E-state index contributed by atoms with van der Waals surface area (Å²) in [5.74, 6) is 0.162. The van der Waals surface area contributed by atoms with E-state index in [1.54, 1.807) is 36.8 Å². The van der Waals surface area contributed by atoms with Gasteiger partial charge in [-0.1, -0.05) is 12.1 Å². The molecule has 0 bridgehead atoms. The number of nitrogens with one attached hydrogen (secondary N) is 1. The molecule has 3 N–H and O–H groups in total. The fourth-order valence-corrected chi connectivity index (χ4v) is 1.97. The molecule has 0 aliphatic carbocycles. The highest BCUT2D eigenvalue weighted by Crippen LogP contribution is 2.15. The fourth-order valence-electron chi connectivity index (χ4n) is 1.97.